The van der Waals surface area contributed by atoms with E-state index < -0.39 is 0 Å². The van der Waals surface area contributed by atoms with Crippen LogP contribution in [0, 0.1) is 0 Å². The number of nitrogens with one attached hydrogen (secondary N) is 1. The van der Waals surface area contributed by atoms with Crippen molar-refractivity contribution >= 4 is 5.65 Å². The topological polar surface area (TPSA) is 76.2 Å². The number of H-pyrrole nitrogens is 1. The lowest BCUT2D eigenvalue weighted by Gasteiger charge is -1.96. The quantitative estimate of drug-likeness (QED) is 0.595. The fourth-order valence-corrected chi connectivity index (χ4v) is 1.08. The monoisotopic (exact) mass is 164 g/mol. The van der Waals surface area contributed by atoms with E-state index in [2.05, 4.69) is 9.97 Å². The van der Waals surface area contributed by atoms with Gasteiger partial charge in [0.2, 0.25) is 0 Å². The molecule has 0 spiro atoms. The Labute approximate surface area is 67.9 Å². The van der Waals surface area contributed by atoms with Crippen LogP contribution < -0.4 is 11.4 Å². The van der Waals surface area contributed by atoms with Crippen LogP contribution in [0.3, 0.4) is 0 Å². The maximum atomic E-state index is 11.2. The average Bonchev–Trinajstić information content (AvgIpc) is 2.52. The van der Waals surface area contributed by atoms with Gasteiger partial charge >= 0.3 is 5.69 Å². The second-order valence-electron chi connectivity index (χ2n) is 2.43. The van der Waals surface area contributed by atoms with Crippen molar-refractivity contribution in [3.8, 4) is 0 Å². The number of aromatic nitrogens is 3. The molecule has 0 aliphatic carbocycles. The molecule has 62 valence electrons. The van der Waals surface area contributed by atoms with Gasteiger partial charge in [-0.25, -0.2) is 9.78 Å². The lowest BCUT2D eigenvalue weighted by molar-refractivity contribution is 0.845. The second-order valence-corrected chi connectivity index (χ2v) is 2.43. The van der Waals surface area contributed by atoms with Crippen LogP contribution in [0.15, 0.2) is 23.1 Å². The lowest BCUT2D eigenvalue weighted by Crippen LogP contribution is -2.20. The summed E-state index contributed by atoms with van der Waals surface area (Å²) in [5, 5.41) is 0. The van der Waals surface area contributed by atoms with Crippen molar-refractivity contribution in [2.45, 2.75) is 6.54 Å². The fraction of sp³-hybridized carbons (Fsp3) is 0.143. The highest BCUT2D eigenvalue weighted by molar-refractivity contribution is 5.37. The summed E-state index contributed by atoms with van der Waals surface area (Å²) >= 11 is 0. The van der Waals surface area contributed by atoms with Gasteiger partial charge in [0.05, 0.1) is 6.54 Å². The van der Waals surface area contributed by atoms with Gasteiger partial charge in [-0.05, 0) is 12.1 Å². The first-order chi connectivity index (χ1) is 5.81. The van der Waals surface area contributed by atoms with Gasteiger partial charge in [0.1, 0.15) is 11.5 Å². The normalized spacial score (nSPS) is 10.8. The van der Waals surface area contributed by atoms with E-state index in [9.17, 15) is 4.79 Å². The zero-order valence-electron chi connectivity index (χ0n) is 6.32. The lowest BCUT2D eigenvalue weighted by atomic mass is 10.6. The highest BCUT2D eigenvalue weighted by atomic mass is 16.1. The van der Waals surface area contributed by atoms with E-state index in [-0.39, 0.29) is 12.2 Å². The molecule has 3 N–H and O–H groups in total. The minimum atomic E-state index is -0.203. The molecule has 2 rings (SSSR count). The summed E-state index contributed by atoms with van der Waals surface area (Å²) in [5.41, 5.74) is 5.76. The van der Waals surface area contributed by atoms with Crippen LogP contribution in [0.1, 0.15) is 5.82 Å². The molecule has 0 fully saturated rings. The summed E-state index contributed by atoms with van der Waals surface area (Å²) in [6.07, 6.45) is 1.65. The van der Waals surface area contributed by atoms with E-state index in [0.717, 1.165) is 0 Å². The minimum absolute atomic E-state index is 0.203. The Balaban J connectivity index is 2.84. The van der Waals surface area contributed by atoms with Crippen LogP contribution >= 0.6 is 0 Å². The number of aromatic amines is 1. The van der Waals surface area contributed by atoms with Crippen molar-refractivity contribution < 1.29 is 0 Å². The first-order valence-corrected chi connectivity index (χ1v) is 3.57. The fourth-order valence-electron chi connectivity index (χ4n) is 1.08. The molecule has 2 heterocycles. The molecule has 5 nitrogen and oxygen atoms in total. The molecule has 0 unspecified atom stereocenters. The summed E-state index contributed by atoms with van der Waals surface area (Å²) in [7, 11) is 0. The Kier molecular flexibility index (Phi) is 1.44. The van der Waals surface area contributed by atoms with E-state index >= 15 is 0 Å². The van der Waals surface area contributed by atoms with E-state index in [1.54, 1.807) is 18.3 Å². The van der Waals surface area contributed by atoms with Crippen LogP contribution in [-0.4, -0.2) is 14.4 Å². The van der Waals surface area contributed by atoms with Crippen molar-refractivity contribution in [3.05, 3.63) is 34.6 Å². The Hall–Kier alpha value is -1.62. The largest absolute Gasteiger partial charge is 0.332 e. The first-order valence-electron chi connectivity index (χ1n) is 3.57. The molecule has 0 aliphatic heterocycles. The van der Waals surface area contributed by atoms with Gasteiger partial charge in [0, 0.05) is 6.20 Å². The standard InChI is InChI=1S/C7H8N4O/c8-4-5-9-6-2-1-3-11(6)7(12)10-5/h1-3H,4,8H2,(H,9,10,12). The second kappa shape index (κ2) is 2.46. The van der Waals surface area contributed by atoms with Crippen molar-refractivity contribution in [1.82, 2.24) is 14.4 Å². The van der Waals surface area contributed by atoms with Crippen LogP contribution in [0.25, 0.3) is 5.65 Å². The van der Waals surface area contributed by atoms with Gasteiger partial charge in [-0.15, -0.1) is 0 Å². The molecule has 0 amide bonds. The number of hydrogen-bond donors (Lipinski definition) is 2. The van der Waals surface area contributed by atoms with Crippen LogP contribution in [0.2, 0.25) is 0 Å². The van der Waals surface area contributed by atoms with Crippen molar-refractivity contribution in [2.75, 3.05) is 0 Å². The molecule has 0 atom stereocenters. The predicted molar refractivity (Wildman–Crippen MR) is 43.7 cm³/mol. The summed E-state index contributed by atoms with van der Waals surface area (Å²) in [4.78, 5) is 17.9. The number of nitrogens with two attached hydrogens (primary N) is 1. The maximum absolute atomic E-state index is 11.2. The molecule has 0 saturated carbocycles. The van der Waals surface area contributed by atoms with E-state index in [1.807, 2.05) is 0 Å². The highest BCUT2D eigenvalue weighted by Gasteiger charge is 1.99. The summed E-state index contributed by atoms with van der Waals surface area (Å²) in [6, 6.07) is 3.52. The summed E-state index contributed by atoms with van der Waals surface area (Å²) < 4.78 is 1.43. The number of nitrogens with zero attached hydrogens (tertiary/aromatic N) is 2. The van der Waals surface area contributed by atoms with Crippen molar-refractivity contribution in [1.29, 1.82) is 0 Å². The van der Waals surface area contributed by atoms with Crippen molar-refractivity contribution in [3.63, 3.8) is 0 Å². The molecule has 12 heavy (non-hydrogen) atoms. The third-order valence-electron chi connectivity index (χ3n) is 1.64. The van der Waals surface area contributed by atoms with E-state index in [1.165, 1.54) is 4.40 Å². The average molecular weight is 164 g/mol. The van der Waals surface area contributed by atoms with Crippen molar-refractivity contribution in [2.24, 2.45) is 5.73 Å². The molecule has 5 heteroatoms. The van der Waals surface area contributed by atoms with Gasteiger partial charge in [-0.1, -0.05) is 0 Å². The molecular formula is C7H8N4O. The SMILES string of the molecule is NCc1nc2cccn2c(=O)[nH]1. The van der Waals surface area contributed by atoms with Crippen LogP contribution in [0.4, 0.5) is 0 Å². The van der Waals surface area contributed by atoms with Gasteiger partial charge in [-0.2, -0.15) is 0 Å². The van der Waals surface area contributed by atoms with Gasteiger partial charge in [-0.3, -0.25) is 9.38 Å². The maximum Gasteiger partial charge on any atom is 0.332 e. The zero-order chi connectivity index (χ0) is 8.55. The van der Waals surface area contributed by atoms with Gasteiger partial charge in [0.25, 0.3) is 0 Å². The minimum Gasteiger partial charge on any atom is -0.324 e. The molecule has 0 bridgehead atoms. The Morgan fingerprint density at radius 3 is 3.25 bits per heavy atom. The number of hydrogen-bond acceptors (Lipinski definition) is 3. The molecule has 0 saturated heterocycles. The zero-order valence-corrected chi connectivity index (χ0v) is 6.32. The molecule has 0 aromatic carbocycles. The third-order valence-corrected chi connectivity index (χ3v) is 1.64. The van der Waals surface area contributed by atoms with E-state index in [0.29, 0.717) is 11.5 Å². The predicted octanol–water partition coefficient (Wildman–Crippen LogP) is -0.519. The Morgan fingerprint density at radius 2 is 2.50 bits per heavy atom. The molecule has 0 radical (unpaired) electrons. The molecule has 0 aliphatic rings. The highest BCUT2D eigenvalue weighted by Crippen LogP contribution is 1.95. The summed E-state index contributed by atoms with van der Waals surface area (Å²) in [6.45, 7) is 0.247. The first kappa shape index (κ1) is 7.05. The smallest absolute Gasteiger partial charge is 0.324 e. The van der Waals surface area contributed by atoms with Gasteiger partial charge < -0.3 is 5.73 Å². The Morgan fingerprint density at radius 1 is 1.67 bits per heavy atom. The molecule has 2 aromatic heterocycles. The van der Waals surface area contributed by atoms with Crippen LogP contribution in [0.5, 0.6) is 0 Å². The van der Waals surface area contributed by atoms with Gasteiger partial charge in [0.15, 0.2) is 0 Å². The summed E-state index contributed by atoms with van der Waals surface area (Å²) in [5.74, 6) is 0.506. The number of rotatable bonds is 1. The van der Waals surface area contributed by atoms with E-state index in [4.69, 9.17) is 5.73 Å². The third kappa shape index (κ3) is 0.911. The van der Waals surface area contributed by atoms with Crippen LogP contribution in [-0.2, 0) is 6.54 Å². The Bertz CT molecular complexity index is 456. The molecule has 2 aromatic rings. The molecular weight excluding hydrogens is 156 g/mol. The number of fused-ring (bicyclic) bond motifs is 1.